The quantitative estimate of drug-likeness (QED) is 0.574. The predicted molar refractivity (Wildman–Crippen MR) is 51.4 cm³/mol. The Morgan fingerprint density at radius 1 is 1.64 bits per heavy atom. The van der Waals surface area contributed by atoms with Crippen LogP contribution in [-0.4, -0.2) is 21.4 Å². The fourth-order valence-electron chi connectivity index (χ4n) is 1.27. The number of anilines is 1. The summed E-state index contributed by atoms with van der Waals surface area (Å²) in [4.78, 5) is 13.8. The lowest BCUT2D eigenvalue weighted by atomic mass is 10.3. The molecule has 0 aromatic carbocycles. The molecule has 0 aliphatic carbocycles. The van der Waals surface area contributed by atoms with Crippen LogP contribution in [0.25, 0.3) is 5.52 Å². The van der Waals surface area contributed by atoms with E-state index in [2.05, 4.69) is 10.3 Å². The highest BCUT2D eigenvalue weighted by Gasteiger charge is 2.15. The maximum Gasteiger partial charge on any atom is 0.389 e. The highest BCUT2D eigenvalue weighted by molar-refractivity contribution is 5.67. The second kappa shape index (κ2) is 2.99. The smallest absolute Gasteiger partial charge is 0.388 e. The zero-order valence-corrected chi connectivity index (χ0v) is 7.47. The van der Waals surface area contributed by atoms with E-state index in [1.54, 1.807) is 23.7 Å². The topological polar surface area (TPSA) is 72.5 Å². The summed E-state index contributed by atoms with van der Waals surface area (Å²) >= 11 is 0. The van der Waals surface area contributed by atoms with Gasteiger partial charge in [-0.3, -0.25) is 4.40 Å². The van der Waals surface area contributed by atoms with Crippen LogP contribution in [0.3, 0.4) is 0 Å². The first-order valence-corrected chi connectivity index (χ1v) is 4.01. The normalized spacial score (nSPS) is 10.4. The van der Waals surface area contributed by atoms with E-state index >= 15 is 0 Å². The molecule has 0 aliphatic heterocycles. The lowest BCUT2D eigenvalue weighted by molar-refractivity contribution is -0.387. The van der Waals surface area contributed by atoms with Crippen molar-refractivity contribution in [3.63, 3.8) is 0 Å². The van der Waals surface area contributed by atoms with E-state index in [4.69, 9.17) is 0 Å². The van der Waals surface area contributed by atoms with Gasteiger partial charge in [0.25, 0.3) is 0 Å². The number of hydrogen-bond acceptors (Lipinski definition) is 4. The van der Waals surface area contributed by atoms with Crippen molar-refractivity contribution in [2.24, 2.45) is 0 Å². The van der Waals surface area contributed by atoms with Crippen molar-refractivity contribution >= 4 is 17.0 Å². The summed E-state index contributed by atoms with van der Waals surface area (Å²) in [6.45, 7) is 0. The molecular formula is C8H8N4O2. The maximum atomic E-state index is 10.6. The van der Waals surface area contributed by atoms with E-state index in [0.29, 0.717) is 5.52 Å². The number of imidazole rings is 1. The summed E-state index contributed by atoms with van der Waals surface area (Å²) in [5.41, 5.74) is 1.31. The molecule has 0 aliphatic rings. The van der Waals surface area contributed by atoms with Crippen molar-refractivity contribution in [2.75, 3.05) is 12.4 Å². The molecule has 2 heterocycles. The number of nitrogens with zero attached hydrogens (tertiary/aromatic N) is 3. The van der Waals surface area contributed by atoms with Crippen LogP contribution in [0.15, 0.2) is 24.7 Å². The van der Waals surface area contributed by atoms with Crippen LogP contribution in [0, 0.1) is 10.1 Å². The first kappa shape index (κ1) is 8.49. The molecule has 6 nitrogen and oxygen atoms in total. The minimum atomic E-state index is -0.491. The van der Waals surface area contributed by atoms with Gasteiger partial charge < -0.3 is 15.4 Å². The van der Waals surface area contributed by atoms with Crippen LogP contribution < -0.4 is 5.32 Å². The Morgan fingerprint density at radius 3 is 3.07 bits per heavy atom. The third-order valence-electron chi connectivity index (χ3n) is 1.98. The molecule has 6 heteroatoms. The summed E-state index contributed by atoms with van der Waals surface area (Å²) in [5, 5.41) is 13.5. The van der Waals surface area contributed by atoms with Gasteiger partial charge in [0.2, 0.25) is 6.33 Å². The van der Waals surface area contributed by atoms with Gasteiger partial charge in [0.1, 0.15) is 5.52 Å². The fraction of sp³-hybridized carbons (Fsp3) is 0.125. The van der Waals surface area contributed by atoms with Crippen LogP contribution in [0.5, 0.6) is 0 Å². The number of pyridine rings is 1. The number of aromatic nitrogens is 2. The van der Waals surface area contributed by atoms with Crippen LogP contribution in [0.2, 0.25) is 0 Å². The molecule has 2 aromatic rings. The molecule has 0 radical (unpaired) electrons. The summed E-state index contributed by atoms with van der Waals surface area (Å²) in [6, 6.07) is 3.50. The van der Waals surface area contributed by atoms with Crippen molar-refractivity contribution in [2.45, 2.75) is 0 Å². The summed E-state index contributed by atoms with van der Waals surface area (Å²) in [6.07, 6.45) is 3.15. The van der Waals surface area contributed by atoms with Crippen molar-refractivity contribution < 1.29 is 4.92 Å². The van der Waals surface area contributed by atoms with Gasteiger partial charge in [0, 0.05) is 18.9 Å². The Balaban J connectivity index is 2.69. The molecule has 0 saturated heterocycles. The highest BCUT2D eigenvalue weighted by atomic mass is 16.6. The Kier molecular flexibility index (Phi) is 1.81. The second-order valence-electron chi connectivity index (χ2n) is 2.78. The molecule has 0 spiro atoms. The minimum Gasteiger partial charge on any atom is -0.388 e. The molecule has 0 saturated carbocycles. The second-order valence-corrected chi connectivity index (χ2v) is 2.78. The minimum absolute atomic E-state index is 0.123. The summed E-state index contributed by atoms with van der Waals surface area (Å²) in [5.74, 6) is -0.123. The van der Waals surface area contributed by atoms with Gasteiger partial charge in [-0.1, -0.05) is 0 Å². The number of fused-ring (bicyclic) bond motifs is 1. The highest BCUT2D eigenvalue weighted by Crippen LogP contribution is 2.20. The van der Waals surface area contributed by atoms with Gasteiger partial charge in [-0.05, 0) is 22.0 Å². The van der Waals surface area contributed by atoms with Crippen molar-refractivity contribution in [1.82, 2.24) is 9.38 Å². The lowest BCUT2D eigenvalue weighted by Crippen LogP contribution is -1.92. The van der Waals surface area contributed by atoms with E-state index in [9.17, 15) is 10.1 Å². The van der Waals surface area contributed by atoms with Crippen LogP contribution in [0.4, 0.5) is 11.5 Å². The van der Waals surface area contributed by atoms with Gasteiger partial charge in [0.05, 0.1) is 0 Å². The standard InChI is InChI=1S/C8H8N4O2/c1-9-6-2-3-11-5-10-8(12(13)14)7(11)4-6/h2-5,9H,1H3. The van der Waals surface area contributed by atoms with Gasteiger partial charge in [-0.25, -0.2) is 0 Å². The van der Waals surface area contributed by atoms with E-state index in [1.165, 1.54) is 6.33 Å². The van der Waals surface area contributed by atoms with Crippen molar-refractivity contribution in [1.29, 1.82) is 0 Å². The molecule has 0 amide bonds. The van der Waals surface area contributed by atoms with E-state index in [0.717, 1.165) is 5.69 Å². The lowest BCUT2D eigenvalue weighted by Gasteiger charge is -1.99. The van der Waals surface area contributed by atoms with Gasteiger partial charge >= 0.3 is 5.82 Å². The van der Waals surface area contributed by atoms with Crippen LogP contribution in [0.1, 0.15) is 0 Å². The molecule has 0 unspecified atom stereocenters. The molecule has 0 atom stereocenters. The average Bonchev–Trinajstić information content (AvgIpc) is 2.59. The molecule has 0 fully saturated rings. The third kappa shape index (κ3) is 1.17. The van der Waals surface area contributed by atoms with Crippen molar-refractivity contribution in [3.8, 4) is 0 Å². The third-order valence-corrected chi connectivity index (χ3v) is 1.98. The number of nitrogens with one attached hydrogen (secondary N) is 1. The number of rotatable bonds is 2. The molecular weight excluding hydrogens is 184 g/mol. The van der Waals surface area contributed by atoms with Gasteiger partial charge in [-0.2, -0.15) is 0 Å². The number of nitro groups is 1. The Bertz CT molecular complexity index is 491. The molecule has 0 bridgehead atoms. The zero-order chi connectivity index (χ0) is 10.1. The Morgan fingerprint density at radius 2 is 2.43 bits per heavy atom. The summed E-state index contributed by atoms with van der Waals surface area (Å²) in [7, 11) is 1.76. The average molecular weight is 192 g/mol. The largest absolute Gasteiger partial charge is 0.389 e. The first-order valence-electron chi connectivity index (χ1n) is 4.01. The summed E-state index contributed by atoms with van der Waals surface area (Å²) < 4.78 is 1.61. The molecule has 2 rings (SSSR count). The Labute approximate surface area is 79.3 Å². The molecule has 1 N–H and O–H groups in total. The number of hydrogen-bond donors (Lipinski definition) is 1. The molecule has 2 aromatic heterocycles. The zero-order valence-electron chi connectivity index (χ0n) is 7.47. The molecule has 72 valence electrons. The monoisotopic (exact) mass is 192 g/mol. The Hall–Kier alpha value is -2.11. The fourth-order valence-corrected chi connectivity index (χ4v) is 1.27. The maximum absolute atomic E-state index is 10.6. The van der Waals surface area contributed by atoms with Crippen LogP contribution >= 0.6 is 0 Å². The van der Waals surface area contributed by atoms with E-state index in [-0.39, 0.29) is 5.82 Å². The SMILES string of the molecule is CNc1ccn2cnc([N+](=O)[O-])c2c1. The van der Waals surface area contributed by atoms with E-state index in [1.807, 2.05) is 6.07 Å². The van der Waals surface area contributed by atoms with E-state index < -0.39 is 4.92 Å². The predicted octanol–water partition coefficient (Wildman–Crippen LogP) is 1.28. The van der Waals surface area contributed by atoms with Crippen molar-refractivity contribution in [3.05, 3.63) is 34.8 Å². The van der Waals surface area contributed by atoms with Gasteiger partial charge in [0.15, 0.2) is 0 Å². The van der Waals surface area contributed by atoms with Gasteiger partial charge in [-0.15, -0.1) is 0 Å². The van der Waals surface area contributed by atoms with Crippen LogP contribution in [-0.2, 0) is 0 Å². The first-order chi connectivity index (χ1) is 6.72. The molecule has 14 heavy (non-hydrogen) atoms.